The van der Waals surface area contributed by atoms with Crippen LogP contribution in [0.5, 0.6) is 0 Å². The standard InChI is InChI=1S/C31H31F3N6O2.HI/c1-21-26(28-14-16-37-39(28)24-12-10-22(20-35)11-13-24)19-27(29(41)36-15-5-6-17-40(2,3)4)30(42)38(21)25-9-7-8-23(18-25)31(32,33)34;/h7-14,16,18-19H,5-6,15,17H2,1-4H3;1H. The molecule has 0 atom stereocenters. The molecule has 0 bridgehead atoms. The summed E-state index contributed by atoms with van der Waals surface area (Å²) < 4.78 is 44.2. The van der Waals surface area contributed by atoms with Crippen LogP contribution in [0.2, 0.25) is 0 Å². The first-order valence-corrected chi connectivity index (χ1v) is 13.4. The summed E-state index contributed by atoms with van der Waals surface area (Å²) in [4.78, 5) is 27.1. The second-order valence-corrected chi connectivity index (χ2v) is 11.0. The molecule has 2 aromatic carbocycles. The van der Waals surface area contributed by atoms with E-state index in [-0.39, 0.29) is 35.2 Å². The number of alkyl halides is 3. The van der Waals surface area contributed by atoms with Gasteiger partial charge in [-0.2, -0.15) is 23.5 Å². The van der Waals surface area contributed by atoms with Gasteiger partial charge < -0.3 is 33.8 Å². The zero-order chi connectivity index (χ0) is 30.7. The van der Waals surface area contributed by atoms with E-state index in [0.29, 0.717) is 41.2 Å². The number of unbranched alkanes of at least 4 members (excludes halogenated alkanes) is 1. The number of hydrogen-bond donors (Lipinski definition) is 1. The summed E-state index contributed by atoms with van der Waals surface area (Å²) in [7, 11) is 6.22. The van der Waals surface area contributed by atoms with Gasteiger partial charge in [-0.15, -0.1) is 0 Å². The van der Waals surface area contributed by atoms with Gasteiger partial charge in [-0.3, -0.25) is 14.2 Å². The highest BCUT2D eigenvalue weighted by atomic mass is 127. The lowest BCUT2D eigenvalue weighted by atomic mass is 10.0. The summed E-state index contributed by atoms with van der Waals surface area (Å²) in [5.74, 6) is -0.614. The lowest BCUT2D eigenvalue weighted by Crippen LogP contribution is -3.00. The number of carbonyl (C=O) groups is 1. The van der Waals surface area contributed by atoms with E-state index in [1.165, 1.54) is 18.2 Å². The lowest BCUT2D eigenvalue weighted by molar-refractivity contribution is -0.870. The molecule has 0 aliphatic rings. The number of nitrogens with zero attached hydrogens (tertiary/aromatic N) is 5. The average molecular weight is 705 g/mol. The Kier molecular flexibility index (Phi) is 10.6. The van der Waals surface area contributed by atoms with Gasteiger partial charge in [-0.25, -0.2) is 4.68 Å². The number of benzene rings is 2. The number of nitrogens with one attached hydrogen (secondary N) is 1. The first-order valence-electron chi connectivity index (χ1n) is 13.4. The van der Waals surface area contributed by atoms with Gasteiger partial charge in [0.15, 0.2) is 0 Å². The molecule has 1 N–H and O–H groups in total. The lowest BCUT2D eigenvalue weighted by Gasteiger charge is -2.23. The van der Waals surface area contributed by atoms with Gasteiger partial charge >= 0.3 is 6.18 Å². The molecule has 4 aromatic rings. The Morgan fingerprint density at radius 3 is 2.35 bits per heavy atom. The summed E-state index contributed by atoms with van der Waals surface area (Å²) in [6.07, 6.45) is -1.51. The molecule has 0 saturated heterocycles. The first kappa shape index (κ1) is 33.5. The molecule has 0 spiro atoms. The van der Waals surface area contributed by atoms with E-state index in [9.17, 15) is 22.8 Å². The number of nitriles is 1. The van der Waals surface area contributed by atoms with Gasteiger partial charge in [0.25, 0.3) is 11.5 Å². The molecule has 8 nitrogen and oxygen atoms in total. The Balaban J connectivity index is 0.00000506. The highest BCUT2D eigenvalue weighted by molar-refractivity contribution is 5.95. The maximum atomic E-state index is 13.7. The van der Waals surface area contributed by atoms with Crippen molar-refractivity contribution < 1.29 is 46.4 Å². The zero-order valence-corrected chi connectivity index (χ0v) is 26.4. The van der Waals surface area contributed by atoms with E-state index in [0.717, 1.165) is 34.1 Å². The van der Waals surface area contributed by atoms with E-state index in [4.69, 9.17) is 5.26 Å². The van der Waals surface area contributed by atoms with Crippen molar-refractivity contribution in [3.05, 3.63) is 99.6 Å². The van der Waals surface area contributed by atoms with Gasteiger partial charge in [-0.1, -0.05) is 6.07 Å². The van der Waals surface area contributed by atoms with Crippen LogP contribution in [-0.4, -0.2) is 59.0 Å². The van der Waals surface area contributed by atoms with Crippen LogP contribution in [0, 0.1) is 18.3 Å². The molecule has 1 amide bonds. The fraction of sp³-hybridized carbons (Fsp3) is 0.290. The van der Waals surface area contributed by atoms with E-state index >= 15 is 0 Å². The fourth-order valence-corrected chi connectivity index (χ4v) is 4.66. The molecule has 226 valence electrons. The SMILES string of the molecule is Cc1c(-c2ccnn2-c2ccc(C#N)cc2)cc(C(=O)NCCCC[N+](C)(C)C)c(=O)n1-c1cccc(C(F)(F)F)c1.[I-]. The molecule has 2 aromatic heterocycles. The first-order chi connectivity index (χ1) is 19.8. The van der Waals surface area contributed by atoms with E-state index < -0.39 is 23.2 Å². The third-order valence-electron chi connectivity index (χ3n) is 6.82. The fourth-order valence-electron chi connectivity index (χ4n) is 4.66. The van der Waals surface area contributed by atoms with Crippen molar-refractivity contribution in [2.75, 3.05) is 34.2 Å². The van der Waals surface area contributed by atoms with Crippen LogP contribution in [0.15, 0.2) is 71.7 Å². The average Bonchev–Trinajstić information content (AvgIpc) is 3.42. The van der Waals surface area contributed by atoms with Crippen LogP contribution in [0.3, 0.4) is 0 Å². The Labute approximate surface area is 265 Å². The van der Waals surface area contributed by atoms with Gasteiger partial charge in [0.05, 0.1) is 62.5 Å². The molecule has 0 radical (unpaired) electrons. The number of rotatable bonds is 9. The monoisotopic (exact) mass is 704 g/mol. The van der Waals surface area contributed by atoms with Crippen molar-refractivity contribution in [3.63, 3.8) is 0 Å². The predicted molar refractivity (Wildman–Crippen MR) is 154 cm³/mol. The molecule has 0 fully saturated rings. The number of halogens is 4. The highest BCUT2D eigenvalue weighted by Gasteiger charge is 2.31. The summed E-state index contributed by atoms with van der Waals surface area (Å²) in [6.45, 7) is 2.86. The smallest absolute Gasteiger partial charge is 0.416 e. The summed E-state index contributed by atoms with van der Waals surface area (Å²) >= 11 is 0. The van der Waals surface area contributed by atoms with Crippen molar-refractivity contribution in [1.82, 2.24) is 19.7 Å². The Hall–Kier alpha value is -3.96. The van der Waals surface area contributed by atoms with E-state index in [1.807, 2.05) is 0 Å². The maximum absolute atomic E-state index is 13.7. The van der Waals surface area contributed by atoms with Gasteiger partial charge in [0, 0.05) is 23.5 Å². The number of amides is 1. The molecule has 4 rings (SSSR count). The van der Waals surface area contributed by atoms with Crippen LogP contribution < -0.4 is 34.9 Å². The number of quaternary nitrogens is 1. The van der Waals surface area contributed by atoms with Crippen molar-refractivity contribution in [2.45, 2.75) is 25.9 Å². The molecule has 0 unspecified atom stereocenters. The molecule has 2 heterocycles. The Morgan fingerprint density at radius 1 is 1.02 bits per heavy atom. The summed E-state index contributed by atoms with van der Waals surface area (Å²) in [6, 6.07) is 16.3. The molecule has 0 aliphatic carbocycles. The van der Waals surface area contributed by atoms with Crippen molar-refractivity contribution in [3.8, 4) is 28.7 Å². The van der Waals surface area contributed by atoms with E-state index in [1.54, 1.807) is 48.1 Å². The topological polar surface area (TPSA) is 92.7 Å². The predicted octanol–water partition coefficient (Wildman–Crippen LogP) is 2.11. The molecule has 0 aliphatic heterocycles. The van der Waals surface area contributed by atoms with Gasteiger partial charge in [0.1, 0.15) is 5.56 Å². The minimum absolute atomic E-state index is 0. The minimum Gasteiger partial charge on any atom is -1.00 e. The molecule has 43 heavy (non-hydrogen) atoms. The van der Waals surface area contributed by atoms with Gasteiger partial charge in [-0.05, 0) is 74.4 Å². The van der Waals surface area contributed by atoms with E-state index in [2.05, 4.69) is 37.6 Å². The van der Waals surface area contributed by atoms with Crippen LogP contribution in [0.25, 0.3) is 22.6 Å². The third kappa shape index (κ3) is 7.91. The van der Waals surface area contributed by atoms with Crippen LogP contribution in [-0.2, 0) is 6.18 Å². The Bertz CT molecular complexity index is 1700. The maximum Gasteiger partial charge on any atom is 0.416 e. The number of carbonyl (C=O) groups excluding carboxylic acids is 1. The largest absolute Gasteiger partial charge is 1.00 e. The van der Waals surface area contributed by atoms with Crippen LogP contribution in [0.4, 0.5) is 13.2 Å². The second-order valence-electron chi connectivity index (χ2n) is 11.0. The zero-order valence-electron chi connectivity index (χ0n) is 24.2. The number of hydrogen-bond acceptors (Lipinski definition) is 4. The minimum atomic E-state index is -4.62. The highest BCUT2D eigenvalue weighted by Crippen LogP contribution is 2.32. The Morgan fingerprint density at radius 2 is 1.72 bits per heavy atom. The number of aromatic nitrogens is 3. The third-order valence-corrected chi connectivity index (χ3v) is 6.82. The quantitative estimate of drug-likeness (QED) is 0.164. The normalized spacial score (nSPS) is 11.5. The van der Waals surface area contributed by atoms with Crippen molar-refractivity contribution in [1.29, 1.82) is 5.26 Å². The number of pyridine rings is 1. The summed E-state index contributed by atoms with van der Waals surface area (Å²) in [5.41, 5.74) is 0.484. The molecular formula is C31H32F3IN6O2. The summed E-state index contributed by atoms with van der Waals surface area (Å²) in [5, 5.41) is 16.3. The molecular weight excluding hydrogens is 672 g/mol. The molecule has 0 saturated carbocycles. The van der Waals surface area contributed by atoms with Crippen LogP contribution >= 0.6 is 0 Å². The second kappa shape index (κ2) is 13.6. The van der Waals surface area contributed by atoms with Crippen molar-refractivity contribution >= 4 is 5.91 Å². The van der Waals surface area contributed by atoms with Gasteiger partial charge in [0.2, 0.25) is 0 Å². The van der Waals surface area contributed by atoms with Crippen molar-refractivity contribution in [2.24, 2.45) is 0 Å². The molecule has 12 heteroatoms. The van der Waals surface area contributed by atoms with Crippen LogP contribution in [0.1, 0.15) is 40.0 Å².